The summed E-state index contributed by atoms with van der Waals surface area (Å²) in [5, 5.41) is 24.1. The van der Waals surface area contributed by atoms with Crippen LogP contribution in [0.2, 0.25) is 0 Å². The summed E-state index contributed by atoms with van der Waals surface area (Å²) >= 11 is 0. The topological polar surface area (TPSA) is 200 Å². The first-order valence-electron chi connectivity index (χ1n) is 12.3. The summed E-state index contributed by atoms with van der Waals surface area (Å²) in [6.07, 6.45) is 0.884. The Hall–Kier alpha value is -3.77. The smallest absolute Gasteiger partial charge is 0.459 e. The number of ether oxygens (including phenoxy) is 2. The Morgan fingerprint density at radius 1 is 1.39 bits per heavy atom. The number of nitrogens with zero attached hydrogens (tertiary/aromatic N) is 2. The second kappa shape index (κ2) is 11.6. The molecule has 220 valence electrons. The molecule has 1 aliphatic rings. The van der Waals surface area contributed by atoms with E-state index in [9.17, 15) is 28.8 Å². The van der Waals surface area contributed by atoms with E-state index in [-0.39, 0.29) is 17.3 Å². The van der Waals surface area contributed by atoms with E-state index in [1.807, 2.05) is 5.92 Å². The van der Waals surface area contributed by atoms with Gasteiger partial charge in [-0.05, 0) is 32.9 Å². The SMILES string of the molecule is C#C[C@@]1(O)C(O)[C@@H](COP(=O)(NC(C)C(=O)OC(C)C)Oc2ccccc2)O[C@H]1n1cc(F)c2c(=O)[nH]c(N)nc21. The number of fused-ring (bicyclic) bond motifs is 1. The Kier molecular flexibility index (Phi) is 8.55. The van der Waals surface area contributed by atoms with E-state index in [1.165, 1.54) is 19.1 Å². The molecule has 1 aliphatic heterocycles. The van der Waals surface area contributed by atoms with E-state index < -0.39 is 73.3 Å². The highest BCUT2D eigenvalue weighted by Crippen LogP contribution is 2.47. The monoisotopic (exact) mass is 593 g/mol. The molecule has 16 heteroatoms. The van der Waals surface area contributed by atoms with Gasteiger partial charge in [-0.15, -0.1) is 6.42 Å². The fourth-order valence-electron chi connectivity index (χ4n) is 4.15. The minimum atomic E-state index is -4.38. The number of anilines is 1. The molecule has 6 atom stereocenters. The number of hydrogen-bond donors (Lipinski definition) is 5. The standard InChI is InChI=1S/C25H29FN5O9P/c1-5-25(35)19(32)17(39-23(25)31-11-16(26)18-20(31)28-24(27)29-21(18)33)12-37-41(36,40-15-9-7-6-8-10-15)30-14(4)22(34)38-13(2)3/h1,6-11,13-14,17,19,23,32,35H,12H2,2-4H3,(H,30,36)(H3,27,28,29,33)/t14?,17-,19?,23-,25-,41?/m1/s1. The number of nitrogens with two attached hydrogens (primary N) is 1. The molecule has 1 fully saturated rings. The summed E-state index contributed by atoms with van der Waals surface area (Å²) in [5.41, 5.74) is 1.91. The van der Waals surface area contributed by atoms with Gasteiger partial charge in [-0.2, -0.15) is 10.1 Å². The number of terminal acetylenes is 1. The van der Waals surface area contributed by atoms with Crippen LogP contribution in [0.1, 0.15) is 27.0 Å². The lowest BCUT2D eigenvalue weighted by atomic mass is 9.95. The molecule has 4 rings (SSSR count). The fraction of sp³-hybridized carbons (Fsp3) is 0.400. The summed E-state index contributed by atoms with van der Waals surface area (Å²) in [6, 6.07) is 6.76. The van der Waals surface area contributed by atoms with Crippen LogP contribution in [0.5, 0.6) is 5.75 Å². The number of esters is 1. The molecule has 0 radical (unpaired) electrons. The van der Waals surface area contributed by atoms with Crippen molar-refractivity contribution < 1.29 is 42.5 Å². The molecular formula is C25H29FN5O9P. The zero-order valence-electron chi connectivity index (χ0n) is 22.2. The predicted molar refractivity (Wildman–Crippen MR) is 143 cm³/mol. The normalized spacial score (nSPS) is 24.6. The first-order chi connectivity index (χ1) is 19.3. The molecule has 1 saturated heterocycles. The molecule has 41 heavy (non-hydrogen) atoms. The maximum atomic E-state index is 14.7. The third-order valence-electron chi connectivity index (χ3n) is 6.06. The lowest BCUT2D eigenvalue weighted by molar-refractivity contribution is -0.149. The van der Waals surface area contributed by atoms with Gasteiger partial charge in [0.1, 0.15) is 29.4 Å². The average Bonchev–Trinajstić information content (AvgIpc) is 3.36. The van der Waals surface area contributed by atoms with E-state index in [2.05, 4.69) is 15.1 Å². The molecule has 14 nitrogen and oxygen atoms in total. The molecule has 1 aromatic carbocycles. The number of aromatic amines is 1. The minimum Gasteiger partial charge on any atom is -0.462 e. The largest absolute Gasteiger partial charge is 0.462 e. The highest BCUT2D eigenvalue weighted by Gasteiger charge is 2.56. The molecule has 3 heterocycles. The number of nitrogens with one attached hydrogen (secondary N) is 2. The van der Waals surface area contributed by atoms with E-state index >= 15 is 0 Å². The second-order valence-corrected chi connectivity index (χ2v) is 11.2. The van der Waals surface area contributed by atoms with Crippen LogP contribution >= 0.6 is 7.75 Å². The van der Waals surface area contributed by atoms with Gasteiger partial charge in [-0.25, -0.2) is 8.96 Å². The van der Waals surface area contributed by atoms with Crippen molar-refractivity contribution in [2.24, 2.45) is 0 Å². The number of carbonyl (C=O) groups is 1. The van der Waals surface area contributed by atoms with Crippen molar-refractivity contribution >= 4 is 30.7 Å². The second-order valence-electron chi connectivity index (χ2n) is 9.51. The average molecular weight is 594 g/mol. The van der Waals surface area contributed by atoms with Crippen molar-refractivity contribution in [2.75, 3.05) is 12.3 Å². The number of aliphatic hydroxyl groups excluding tert-OH is 1. The Morgan fingerprint density at radius 2 is 2.07 bits per heavy atom. The first-order valence-corrected chi connectivity index (χ1v) is 13.9. The molecular weight excluding hydrogens is 564 g/mol. The van der Waals surface area contributed by atoms with Crippen molar-refractivity contribution in [1.82, 2.24) is 19.6 Å². The zero-order chi connectivity index (χ0) is 30.1. The molecule has 2 aromatic heterocycles. The molecule has 0 bridgehead atoms. The molecule has 0 saturated carbocycles. The fourth-order valence-corrected chi connectivity index (χ4v) is 5.65. The van der Waals surface area contributed by atoms with Crippen molar-refractivity contribution in [1.29, 1.82) is 0 Å². The number of halogens is 1. The van der Waals surface area contributed by atoms with E-state index in [0.29, 0.717) is 0 Å². The number of benzene rings is 1. The third kappa shape index (κ3) is 6.13. The molecule has 3 aromatic rings. The van der Waals surface area contributed by atoms with E-state index in [1.54, 1.807) is 32.0 Å². The Bertz CT molecular complexity index is 1570. The number of aromatic nitrogens is 3. The molecule has 6 N–H and O–H groups in total. The number of nitrogen functional groups attached to an aromatic ring is 1. The summed E-state index contributed by atoms with van der Waals surface area (Å²) in [5.74, 6) is 0.0637. The van der Waals surface area contributed by atoms with Crippen LogP contribution in [0.25, 0.3) is 11.0 Å². The number of H-pyrrole nitrogens is 1. The Labute approximate surface area is 233 Å². The van der Waals surface area contributed by atoms with Crippen LogP contribution < -0.4 is 20.9 Å². The van der Waals surface area contributed by atoms with Crippen LogP contribution in [0.15, 0.2) is 41.3 Å². The number of aliphatic hydroxyl groups is 2. The lowest BCUT2D eigenvalue weighted by Gasteiger charge is -2.26. The zero-order valence-corrected chi connectivity index (χ0v) is 23.1. The van der Waals surface area contributed by atoms with Gasteiger partial charge in [0.2, 0.25) is 5.95 Å². The summed E-state index contributed by atoms with van der Waals surface area (Å²) < 4.78 is 51.4. The van der Waals surface area contributed by atoms with Gasteiger partial charge in [0.25, 0.3) is 5.56 Å². The van der Waals surface area contributed by atoms with Crippen LogP contribution in [-0.2, 0) is 23.4 Å². The van der Waals surface area contributed by atoms with Gasteiger partial charge in [0.15, 0.2) is 23.3 Å². The van der Waals surface area contributed by atoms with Crippen LogP contribution in [0.4, 0.5) is 10.3 Å². The maximum absolute atomic E-state index is 14.7. The Morgan fingerprint density at radius 3 is 2.71 bits per heavy atom. The number of hydrogen-bond acceptors (Lipinski definition) is 11. The molecule has 0 amide bonds. The number of carbonyl (C=O) groups excluding carboxylic acids is 1. The van der Waals surface area contributed by atoms with Gasteiger partial charge < -0.3 is 29.9 Å². The summed E-state index contributed by atoms with van der Waals surface area (Å²) in [7, 11) is -4.38. The molecule has 0 aliphatic carbocycles. The highest BCUT2D eigenvalue weighted by atomic mass is 31.2. The van der Waals surface area contributed by atoms with Crippen molar-refractivity contribution in [3.8, 4) is 18.1 Å². The number of rotatable bonds is 10. The molecule has 0 spiro atoms. The van der Waals surface area contributed by atoms with Gasteiger partial charge in [0.05, 0.1) is 12.7 Å². The van der Waals surface area contributed by atoms with Crippen molar-refractivity contribution in [2.45, 2.75) is 57.0 Å². The summed E-state index contributed by atoms with van der Waals surface area (Å²) in [4.78, 5) is 30.7. The highest BCUT2D eigenvalue weighted by molar-refractivity contribution is 7.52. The predicted octanol–water partition coefficient (Wildman–Crippen LogP) is 1.20. The van der Waals surface area contributed by atoms with Gasteiger partial charge in [0, 0.05) is 6.20 Å². The van der Waals surface area contributed by atoms with Crippen molar-refractivity contribution in [3.05, 3.63) is 52.7 Å². The minimum absolute atomic E-state index is 0.127. The van der Waals surface area contributed by atoms with E-state index in [0.717, 1.165) is 10.8 Å². The van der Waals surface area contributed by atoms with Crippen LogP contribution in [0, 0.1) is 18.2 Å². The van der Waals surface area contributed by atoms with Crippen molar-refractivity contribution in [3.63, 3.8) is 0 Å². The Balaban J connectivity index is 1.62. The quantitative estimate of drug-likeness (QED) is 0.128. The lowest BCUT2D eigenvalue weighted by Crippen LogP contribution is -2.46. The molecule has 3 unspecified atom stereocenters. The van der Waals surface area contributed by atoms with Gasteiger partial charge in [-0.3, -0.25) is 23.7 Å². The van der Waals surface area contributed by atoms with Gasteiger partial charge in [-0.1, -0.05) is 24.1 Å². The van der Waals surface area contributed by atoms with Gasteiger partial charge >= 0.3 is 13.7 Å². The van der Waals surface area contributed by atoms with E-state index in [4.69, 9.17) is 30.7 Å². The van der Waals surface area contributed by atoms with Crippen LogP contribution in [0.3, 0.4) is 0 Å². The third-order valence-corrected chi connectivity index (χ3v) is 7.70. The first kappa shape index (κ1) is 30.2. The number of para-hydroxylation sites is 1. The van der Waals surface area contributed by atoms with Crippen LogP contribution in [-0.4, -0.2) is 67.3 Å². The maximum Gasteiger partial charge on any atom is 0.459 e. The summed E-state index contributed by atoms with van der Waals surface area (Å²) in [6.45, 7) is 3.98.